The lowest BCUT2D eigenvalue weighted by Gasteiger charge is -2.32. The van der Waals surface area contributed by atoms with Gasteiger partial charge in [0.05, 0.1) is 6.04 Å². The van der Waals surface area contributed by atoms with Gasteiger partial charge in [-0.05, 0) is 54.3 Å². The summed E-state index contributed by atoms with van der Waals surface area (Å²) in [4.78, 5) is 14.7. The van der Waals surface area contributed by atoms with Crippen LogP contribution in [0.5, 0.6) is 0 Å². The van der Waals surface area contributed by atoms with Crippen molar-refractivity contribution in [3.63, 3.8) is 0 Å². The fraction of sp³-hybridized carbons (Fsp3) is 0.667. The summed E-state index contributed by atoms with van der Waals surface area (Å²) in [6.07, 6.45) is 3.42. The Kier molecular flexibility index (Phi) is 4.11. The molecule has 0 bridgehead atoms. The standard InChI is InChI=1S/C15H22N2OS2/c1-3-12-14(18)17(10-15(2)6-4-7-20-15)13(16-12)11-5-8-19-9-11/h5,8-9,12-13,16H,3-4,6-7,10H2,1-2H3. The minimum Gasteiger partial charge on any atom is -0.320 e. The first-order valence-corrected chi connectivity index (χ1v) is 9.28. The van der Waals surface area contributed by atoms with Gasteiger partial charge in [-0.3, -0.25) is 10.1 Å². The summed E-state index contributed by atoms with van der Waals surface area (Å²) in [6.45, 7) is 5.25. The van der Waals surface area contributed by atoms with Crippen molar-refractivity contribution in [2.45, 2.75) is 50.1 Å². The van der Waals surface area contributed by atoms with E-state index >= 15 is 0 Å². The van der Waals surface area contributed by atoms with Crippen molar-refractivity contribution in [3.8, 4) is 0 Å². The highest BCUT2D eigenvalue weighted by molar-refractivity contribution is 8.00. The summed E-state index contributed by atoms with van der Waals surface area (Å²) < 4.78 is 0.230. The van der Waals surface area contributed by atoms with Gasteiger partial charge in [0.15, 0.2) is 0 Å². The van der Waals surface area contributed by atoms with E-state index in [1.165, 1.54) is 24.2 Å². The third-order valence-corrected chi connectivity index (χ3v) is 6.55. The van der Waals surface area contributed by atoms with Crippen LogP contribution in [0.15, 0.2) is 16.8 Å². The molecule has 1 aromatic heterocycles. The third-order valence-electron chi connectivity index (χ3n) is 4.32. The molecule has 3 rings (SSSR count). The van der Waals surface area contributed by atoms with Crippen LogP contribution in [0, 0.1) is 0 Å². The summed E-state index contributed by atoms with van der Waals surface area (Å²) in [5.74, 6) is 1.50. The molecule has 1 aromatic rings. The van der Waals surface area contributed by atoms with Crippen molar-refractivity contribution in [2.75, 3.05) is 12.3 Å². The molecule has 2 fully saturated rings. The number of hydrogen-bond donors (Lipinski definition) is 1. The number of carbonyl (C=O) groups excluding carboxylic acids is 1. The Balaban J connectivity index is 1.82. The molecule has 20 heavy (non-hydrogen) atoms. The quantitative estimate of drug-likeness (QED) is 0.926. The summed E-state index contributed by atoms with van der Waals surface area (Å²) in [7, 11) is 0. The number of amides is 1. The molecule has 3 nitrogen and oxygen atoms in total. The Morgan fingerprint density at radius 3 is 3.00 bits per heavy atom. The molecule has 0 aromatic carbocycles. The van der Waals surface area contributed by atoms with Crippen LogP contribution in [-0.4, -0.2) is 33.9 Å². The van der Waals surface area contributed by atoms with Crippen LogP contribution in [-0.2, 0) is 4.79 Å². The lowest BCUT2D eigenvalue weighted by molar-refractivity contribution is -0.130. The van der Waals surface area contributed by atoms with E-state index in [0.717, 1.165) is 13.0 Å². The second-order valence-electron chi connectivity index (χ2n) is 5.95. The van der Waals surface area contributed by atoms with E-state index in [1.807, 2.05) is 11.8 Å². The second kappa shape index (κ2) is 5.70. The summed E-state index contributed by atoms with van der Waals surface area (Å²) in [6, 6.07) is 2.11. The van der Waals surface area contributed by atoms with Crippen LogP contribution >= 0.6 is 23.1 Å². The largest absolute Gasteiger partial charge is 0.320 e. The molecule has 3 unspecified atom stereocenters. The highest BCUT2D eigenvalue weighted by Gasteiger charge is 2.43. The molecule has 1 amide bonds. The second-order valence-corrected chi connectivity index (χ2v) is 8.42. The molecule has 5 heteroatoms. The van der Waals surface area contributed by atoms with Gasteiger partial charge in [0.1, 0.15) is 6.17 Å². The van der Waals surface area contributed by atoms with Crippen LogP contribution in [0.4, 0.5) is 0 Å². The van der Waals surface area contributed by atoms with Crippen LogP contribution in [0.3, 0.4) is 0 Å². The minimum atomic E-state index is -0.0186. The first-order chi connectivity index (χ1) is 9.63. The van der Waals surface area contributed by atoms with Gasteiger partial charge in [0.2, 0.25) is 5.91 Å². The Hall–Kier alpha value is -0.520. The molecule has 0 aliphatic carbocycles. The fourth-order valence-electron chi connectivity index (χ4n) is 3.17. The molecule has 0 saturated carbocycles. The zero-order valence-electron chi connectivity index (χ0n) is 12.1. The van der Waals surface area contributed by atoms with Crippen LogP contribution in [0.2, 0.25) is 0 Å². The van der Waals surface area contributed by atoms with Gasteiger partial charge in [-0.25, -0.2) is 0 Å². The van der Waals surface area contributed by atoms with Gasteiger partial charge in [-0.15, -0.1) is 0 Å². The van der Waals surface area contributed by atoms with Gasteiger partial charge in [0, 0.05) is 11.3 Å². The van der Waals surface area contributed by atoms with Crippen molar-refractivity contribution in [1.82, 2.24) is 10.2 Å². The number of rotatable bonds is 4. The summed E-state index contributed by atoms with van der Waals surface area (Å²) >= 11 is 3.72. The highest BCUT2D eigenvalue weighted by Crippen LogP contribution is 2.40. The molecule has 3 atom stereocenters. The first-order valence-electron chi connectivity index (χ1n) is 7.35. The van der Waals surface area contributed by atoms with Crippen LogP contribution < -0.4 is 5.32 Å². The molecule has 2 aliphatic rings. The molecule has 1 N–H and O–H groups in total. The lowest BCUT2D eigenvalue weighted by atomic mass is 10.0. The van der Waals surface area contributed by atoms with E-state index < -0.39 is 0 Å². The Morgan fingerprint density at radius 1 is 1.55 bits per heavy atom. The van der Waals surface area contributed by atoms with Gasteiger partial charge < -0.3 is 4.90 Å². The number of nitrogens with zero attached hydrogens (tertiary/aromatic N) is 1. The van der Waals surface area contributed by atoms with Crippen molar-refractivity contribution in [2.24, 2.45) is 0 Å². The van der Waals surface area contributed by atoms with Crippen LogP contribution in [0.1, 0.15) is 44.8 Å². The fourth-order valence-corrected chi connectivity index (χ4v) is 5.15. The normalized spacial score (nSPS) is 34.1. The van der Waals surface area contributed by atoms with E-state index in [2.05, 4.69) is 40.9 Å². The maximum atomic E-state index is 12.6. The number of carbonyl (C=O) groups is 1. The Morgan fingerprint density at radius 2 is 2.40 bits per heavy atom. The summed E-state index contributed by atoms with van der Waals surface area (Å²) in [5, 5.41) is 7.75. The van der Waals surface area contributed by atoms with Crippen molar-refractivity contribution >= 4 is 29.0 Å². The first kappa shape index (κ1) is 14.4. The van der Waals surface area contributed by atoms with Gasteiger partial charge in [-0.1, -0.05) is 6.92 Å². The van der Waals surface area contributed by atoms with Gasteiger partial charge >= 0.3 is 0 Å². The predicted molar refractivity (Wildman–Crippen MR) is 86.1 cm³/mol. The van der Waals surface area contributed by atoms with Gasteiger partial charge in [-0.2, -0.15) is 23.1 Å². The predicted octanol–water partition coefficient (Wildman–Crippen LogP) is 3.24. The van der Waals surface area contributed by atoms with E-state index in [4.69, 9.17) is 0 Å². The Labute approximate surface area is 129 Å². The Bertz CT molecular complexity index is 468. The molecule has 0 spiro atoms. The molecule has 110 valence electrons. The number of hydrogen-bond acceptors (Lipinski definition) is 4. The van der Waals surface area contributed by atoms with E-state index in [-0.39, 0.29) is 22.9 Å². The average Bonchev–Trinajstić information content (AvgIpc) is 3.13. The maximum Gasteiger partial charge on any atom is 0.241 e. The van der Waals surface area contributed by atoms with Crippen molar-refractivity contribution in [3.05, 3.63) is 22.4 Å². The van der Waals surface area contributed by atoms with E-state index in [0.29, 0.717) is 0 Å². The SMILES string of the molecule is CCC1NC(c2ccsc2)N(CC2(C)CCCS2)C1=O. The van der Waals surface area contributed by atoms with Crippen molar-refractivity contribution < 1.29 is 4.79 Å². The molecule has 2 saturated heterocycles. The maximum absolute atomic E-state index is 12.6. The van der Waals surface area contributed by atoms with Gasteiger partial charge in [0.25, 0.3) is 0 Å². The zero-order valence-corrected chi connectivity index (χ0v) is 13.7. The highest BCUT2D eigenvalue weighted by atomic mass is 32.2. The van der Waals surface area contributed by atoms with E-state index in [1.54, 1.807) is 11.3 Å². The molecular weight excluding hydrogens is 288 g/mol. The molecular formula is C15H22N2OS2. The molecule has 0 radical (unpaired) electrons. The molecule has 3 heterocycles. The number of nitrogens with one attached hydrogen (secondary N) is 1. The third kappa shape index (κ3) is 2.63. The minimum absolute atomic E-state index is 0.0186. The average molecular weight is 310 g/mol. The molecule has 2 aliphatic heterocycles. The smallest absolute Gasteiger partial charge is 0.241 e. The topological polar surface area (TPSA) is 32.3 Å². The van der Waals surface area contributed by atoms with E-state index in [9.17, 15) is 4.79 Å². The number of thiophene rings is 1. The van der Waals surface area contributed by atoms with Crippen LogP contribution in [0.25, 0.3) is 0 Å². The monoisotopic (exact) mass is 310 g/mol. The zero-order chi connectivity index (χ0) is 14.2. The van der Waals surface area contributed by atoms with Crippen molar-refractivity contribution in [1.29, 1.82) is 0 Å². The lowest BCUT2D eigenvalue weighted by Crippen LogP contribution is -2.40. The summed E-state index contributed by atoms with van der Waals surface area (Å²) in [5.41, 5.74) is 1.23. The number of thioether (sulfide) groups is 1.